The number of ether oxygens (including phenoxy) is 1. The first-order chi connectivity index (χ1) is 11.0. The number of nitrogens with two attached hydrogens (primary N) is 1. The standard InChI is InChI=1S/C15H25N5O3/c1-4-11(5-2)23-13-7-10(20-15(22)17-8-18-20)6-12(16)14(13)19-9(3)21/h7-8,11-14H,4-6,16H2,1-3H3,(H,19,21)(H,17,18,22)/t12-,13+,14+/m0/s1. The van der Waals surface area contributed by atoms with Crippen molar-refractivity contribution in [2.45, 2.75) is 64.3 Å². The second-order valence-electron chi connectivity index (χ2n) is 5.80. The lowest BCUT2D eigenvalue weighted by molar-refractivity contribution is -0.121. The van der Waals surface area contributed by atoms with Crippen LogP contribution >= 0.6 is 0 Å². The highest BCUT2D eigenvalue weighted by atomic mass is 16.5. The summed E-state index contributed by atoms with van der Waals surface area (Å²) in [6.45, 7) is 5.55. The first-order valence-corrected chi connectivity index (χ1v) is 7.98. The van der Waals surface area contributed by atoms with Crippen LogP contribution in [0.2, 0.25) is 0 Å². The van der Waals surface area contributed by atoms with Gasteiger partial charge in [-0.15, -0.1) is 0 Å². The zero-order valence-corrected chi connectivity index (χ0v) is 13.8. The van der Waals surface area contributed by atoms with E-state index in [4.69, 9.17) is 10.5 Å². The fourth-order valence-electron chi connectivity index (χ4n) is 2.84. The molecule has 1 aliphatic rings. The van der Waals surface area contributed by atoms with Gasteiger partial charge in [-0.1, -0.05) is 13.8 Å². The quantitative estimate of drug-likeness (QED) is 0.693. The van der Waals surface area contributed by atoms with E-state index in [1.807, 2.05) is 19.9 Å². The van der Waals surface area contributed by atoms with Crippen LogP contribution in [-0.2, 0) is 9.53 Å². The van der Waals surface area contributed by atoms with E-state index in [-0.39, 0.29) is 29.8 Å². The Morgan fingerprint density at radius 1 is 1.57 bits per heavy atom. The van der Waals surface area contributed by atoms with E-state index in [0.29, 0.717) is 12.1 Å². The fourth-order valence-corrected chi connectivity index (χ4v) is 2.84. The van der Waals surface area contributed by atoms with Crippen molar-refractivity contribution < 1.29 is 9.53 Å². The second kappa shape index (κ2) is 7.56. The third-order valence-electron chi connectivity index (χ3n) is 4.07. The lowest BCUT2D eigenvalue weighted by Crippen LogP contribution is -2.57. The maximum Gasteiger partial charge on any atom is 0.347 e. The van der Waals surface area contributed by atoms with Crippen LogP contribution in [0.1, 0.15) is 40.0 Å². The van der Waals surface area contributed by atoms with Crippen LogP contribution in [0.25, 0.3) is 5.70 Å². The van der Waals surface area contributed by atoms with Crippen molar-refractivity contribution in [1.29, 1.82) is 0 Å². The van der Waals surface area contributed by atoms with Crippen molar-refractivity contribution in [2.24, 2.45) is 5.73 Å². The van der Waals surface area contributed by atoms with E-state index in [9.17, 15) is 9.59 Å². The van der Waals surface area contributed by atoms with Gasteiger partial charge in [-0.2, -0.15) is 9.78 Å². The Morgan fingerprint density at radius 3 is 2.78 bits per heavy atom. The van der Waals surface area contributed by atoms with Crippen molar-refractivity contribution >= 4 is 11.6 Å². The average molecular weight is 323 g/mol. The first-order valence-electron chi connectivity index (χ1n) is 7.98. The van der Waals surface area contributed by atoms with Crippen molar-refractivity contribution in [1.82, 2.24) is 20.1 Å². The molecule has 8 heteroatoms. The smallest absolute Gasteiger partial charge is 0.347 e. The summed E-state index contributed by atoms with van der Waals surface area (Å²) in [5.74, 6) is -0.155. The molecule has 0 bridgehead atoms. The molecule has 4 N–H and O–H groups in total. The molecule has 128 valence electrons. The molecule has 0 saturated carbocycles. The molecule has 0 unspecified atom stereocenters. The molecule has 1 aromatic rings. The SMILES string of the molecule is CCC(CC)O[C@@H]1C=C(n2nc[nH]c2=O)C[C@H](N)[C@H]1NC(C)=O. The van der Waals surface area contributed by atoms with Gasteiger partial charge >= 0.3 is 5.69 Å². The van der Waals surface area contributed by atoms with Crippen molar-refractivity contribution in [3.8, 4) is 0 Å². The largest absolute Gasteiger partial charge is 0.369 e. The van der Waals surface area contributed by atoms with Crippen LogP contribution in [0.3, 0.4) is 0 Å². The molecule has 8 nitrogen and oxygen atoms in total. The van der Waals surface area contributed by atoms with Crippen LogP contribution in [0.15, 0.2) is 17.2 Å². The van der Waals surface area contributed by atoms with E-state index in [1.54, 1.807) is 0 Å². The van der Waals surface area contributed by atoms with Crippen LogP contribution in [0, 0.1) is 0 Å². The number of carbonyl (C=O) groups is 1. The van der Waals surface area contributed by atoms with Crippen LogP contribution in [-0.4, -0.2) is 45.0 Å². The summed E-state index contributed by atoms with van der Waals surface area (Å²) >= 11 is 0. The van der Waals surface area contributed by atoms with Crippen LogP contribution in [0.5, 0.6) is 0 Å². The Balaban J connectivity index is 2.32. The summed E-state index contributed by atoms with van der Waals surface area (Å²) < 4.78 is 7.40. The summed E-state index contributed by atoms with van der Waals surface area (Å²) in [5.41, 5.74) is 6.60. The minimum atomic E-state index is -0.397. The van der Waals surface area contributed by atoms with Gasteiger partial charge in [0.05, 0.1) is 18.2 Å². The van der Waals surface area contributed by atoms with Gasteiger partial charge in [-0.05, 0) is 18.9 Å². The van der Waals surface area contributed by atoms with Gasteiger partial charge in [0.25, 0.3) is 0 Å². The summed E-state index contributed by atoms with van der Waals surface area (Å²) in [4.78, 5) is 25.8. The molecule has 0 radical (unpaired) electrons. The summed E-state index contributed by atoms with van der Waals surface area (Å²) in [7, 11) is 0. The van der Waals surface area contributed by atoms with Gasteiger partial charge in [0.2, 0.25) is 5.91 Å². The fraction of sp³-hybridized carbons (Fsp3) is 0.667. The van der Waals surface area contributed by atoms with Gasteiger partial charge in [0, 0.05) is 25.1 Å². The summed E-state index contributed by atoms with van der Waals surface area (Å²) in [5, 5.41) is 6.86. The molecule has 0 aliphatic heterocycles. The number of aromatic nitrogens is 3. The molecule has 23 heavy (non-hydrogen) atoms. The molecule has 0 spiro atoms. The van der Waals surface area contributed by atoms with E-state index in [0.717, 1.165) is 12.8 Å². The number of carbonyl (C=O) groups excluding carboxylic acids is 1. The Bertz CT molecular complexity index is 617. The van der Waals surface area contributed by atoms with Crippen molar-refractivity contribution in [2.75, 3.05) is 0 Å². The molecule has 0 saturated heterocycles. The maximum atomic E-state index is 11.8. The molecular formula is C15H25N5O3. The molecule has 1 heterocycles. The highest BCUT2D eigenvalue weighted by molar-refractivity contribution is 5.73. The Kier molecular flexibility index (Phi) is 5.73. The molecule has 3 atom stereocenters. The van der Waals surface area contributed by atoms with E-state index < -0.39 is 6.10 Å². The minimum Gasteiger partial charge on any atom is -0.369 e. The van der Waals surface area contributed by atoms with E-state index >= 15 is 0 Å². The zero-order valence-electron chi connectivity index (χ0n) is 13.8. The number of aromatic amines is 1. The number of rotatable bonds is 6. The minimum absolute atomic E-state index is 0.0648. The van der Waals surface area contributed by atoms with Crippen LogP contribution in [0.4, 0.5) is 0 Å². The molecular weight excluding hydrogens is 298 g/mol. The lowest BCUT2D eigenvalue weighted by Gasteiger charge is -2.36. The Morgan fingerprint density at radius 2 is 2.26 bits per heavy atom. The molecule has 2 rings (SSSR count). The zero-order chi connectivity index (χ0) is 17.0. The third kappa shape index (κ3) is 4.08. The second-order valence-corrected chi connectivity index (χ2v) is 5.80. The average Bonchev–Trinajstić information content (AvgIpc) is 2.93. The molecule has 0 aromatic carbocycles. The monoisotopic (exact) mass is 323 g/mol. The predicted octanol–water partition coefficient (Wildman–Crippen LogP) is 0.222. The summed E-state index contributed by atoms with van der Waals surface area (Å²) in [6.07, 6.45) is 5.00. The Hall–Kier alpha value is -1.93. The predicted molar refractivity (Wildman–Crippen MR) is 86.6 cm³/mol. The number of amides is 1. The topological polar surface area (TPSA) is 115 Å². The summed E-state index contributed by atoms with van der Waals surface area (Å²) in [6, 6.07) is -0.687. The number of nitrogens with zero attached hydrogens (tertiary/aromatic N) is 2. The van der Waals surface area contributed by atoms with Gasteiger partial charge in [0.1, 0.15) is 6.33 Å². The van der Waals surface area contributed by atoms with Gasteiger partial charge < -0.3 is 15.8 Å². The molecule has 1 amide bonds. The highest BCUT2D eigenvalue weighted by Crippen LogP contribution is 2.24. The van der Waals surface area contributed by atoms with Crippen molar-refractivity contribution in [3.63, 3.8) is 0 Å². The highest BCUT2D eigenvalue weighted by Gasteiger charge is 2.34. The number of H-pyrrole nitrogens is 1. The molecule has 1 aliphatic carbocycles. The normalized spacial score (nSPS) is 24.6. The van der Waals surface area contributed by atoms with Crippen molar-refractivity contribution in [3.05, 3.63) is 22.9 Å². The third-order valence-corrected chi connectivity index (χ3v) is 4.07. The number of hydrogen-bond acceptors (Lipinski definition) is 5. The first kappa shape index (κ1) is 17.4. The van der Waals surface area contributed by atoms with Gasteiger partial charge in [-0.25, -0.2) is 4.79 Å². The molecule has 1 aromatic heterocycles. The lowest BCUT2D eigenvalue weighted by atomic mass is 9.91. The Labute approximate surface area is 135 Å². The van der Waals surface area contributed by atoms with E-state index in [2.05, 4.69) is 15.4 Å². The maximum absolute atomic E-state index is 11.8. The van der Waals surface area contributed by atoms with Crippen LogP contribution < -0.4 is 16.7 Å². The van der Waals surface area contributed by atoms with Gasteiger partial charge in [0.15, 0.2) is 0 Å². The molecule has 0 fully saturated rings. The van der Waals surface area contributed by atoms with E-state index in [1.165, 1.54) is 17.9 Å². The number of hydrogen-bond donors (Lipinski definition) is 3. The number of nitrogens with one attached hydrogen (secondary N) is 2. The van der Waals surface area contributed by atoms with Gasteiger partial charge in [-0.3, -0.25) is 9.78 Å².